The van der Waals surface area contributed by atoms with Gasteiger partial charge in [0.15, 0.2) is 0 Å². The van der Waals surface area contributed by atoms with E-state index in [-0.39, 0.29) is 40.2 Å². The molecule has 0 radical (unpaired) electrons. The van der Waals surface area contributed by atoms with Crippen LogP contribution in [0.1, 0.15) is 0 Å². The van der Waals surface area contributed by atoms with Gasteiger partial charge in [0.25, 0.3) is 0 Å². The Balaban J connectivity index is 0.000000125. The van der Waals surface area contributed by atoms with E-state index in [0.717, 1.165) is 90.0 Å². The first kappa shape index (κ1) is 76.6. The fraction of sp³-hybridized carbons (Fsp3) is 0. The van der Waals surface area contributed by atoms with Crippen molar-refractivity contribution in [3.63, 3.8) is 0 Å². The van der Waals surface area contributed by atoms with Gasteiger partial charge < -0.3 is 39.0 Å². The smallest absolute Gasteiger partial charge is 0.309 e. The predicted molar refractivity (Wildman–Crippen MR) is 451 cm³/mol. The van der Waals surface area contributed by atoms with E-state index in [2.05, 4.69) is 245 Å². The molecule has 0 amide bonds. The number of fused-ring (bicyclic) bond motifs is 6. The van der Waals surface area contributed by atoms with Crippen molar-refractivity contribution in [2.45, 2.75) is 0 Å². The molecule has 0 aliphatic carbocycles. The van der Waals surface area contributed by atoms with E-state index in [9.17, 15) is 0 Å². The summed E-state index contributed by atoms with van der Waals surface area (Å²) in [7, 11) is 0. The summed E-state index contributed by atoms with van der Waals surface area (Å²) >= 11 is 0. The van der Waals surface area contributed by atoms with Crippen LogP contribution in [-0.2, 0) is 40.2 Å². The molecule has 20 aromatic rings. The number of nitrogens with zero attached hydrogens (tertiary/aromatic N) is 8. The largest absolute Gasteiger partial charge is 3.00 e. The molecule has 12 aromatic carbocycles. The van der Waals surface area contributed by atoms with E-state index in [1.54, 1.807) is 24.8 Å². The summed E-state index contributed by atoms with van der Waals surface area (Å²) in [6.45, 7) is 0. The van der Waals surface area contributed by atoms with Gasteiger partial charge in [-0.1, -0.05) is 181 Å². The van der Waals surface area contributed by atoms with Crippen molar-refractivity contribution >= 4 is 43.6 Å². The van der Waals surface area contributed by atoms with Gasteiger partial charge in [-0.2, -0.15) is 0 Å². The van der Waals surface area contributed by atoms with E-state index in [1.165, 1.54) is 54.7 Å². The fourth-order valence-corrected chi connectivity index (χ4v) is 12.9. The van der Waals surface area contributed by atoms with Crippen LogP contribution in [0.15, 0.2) is 425 Å². The predicted octanol–water partition coefficient (Wildman–Crippen LogP) is 24.8. The van der Waals surface area contributed by atoms with Crippen LogP contribution in [0.3, 0.4) is 0 Å². The number of aromatic nitrogens is 8. The molecule has 0 spiro atoms. The normalized spacial score (nSPS) is 10.4. The molecule has 0 fully saturated rings. The Morgan fingerprint density at radius 3 is 0.723 bits per heavy atom. The molecule has 0 saturated carbocycles. The van der Waals surface area contributed by atoms with E-state index >= 15 is 0 Å². The second kappa shape index (κ2) is 39.0. The quantitative estimate of drug-likeness (QED) is 0.127. The first-order valence-electron chi connectivity index (χ1n) is 36.2. The van der Waals surface area contributed by atoms with Crippen molar-refractivity contribution in [2.24, 2.45) is 0 Å². The van der Waals surface area contributed by atoms with Crippen LogP contribution in [0.4, 0.5) is 0 Å². The summed E-state index contributed by atoms with van der Waals surface area (Å²) in [4.78, 5) is 25.7. The van der Waals surface area contributed by atoms with Crippen LogP contribution in [-0.4, -0.2) is 39.0 Å². The molecular weight excluding hydrogens is 1720 g/mol. The molecular formula is C102H70Ir2N8. The van der Waals surface area contributed by atoms with E-state index in [1.807, 2.05) is 231 Å². The van der Waals surface area contributed by atoms with Crippen LogP contribution in [0.25, 0.3) is 145 Å². The Labute approximate surface area is 680 Å². The number of pyridine rings is 6. The zero-order valence-corrected chi connectivity index (χ0v) is 65.4. The van der Waals surface area contributed by atoms with Crippen LogP contribution in [0, 0.1) is 36.4 Å². The third kappa shape index (κ3) is 19.1. The number of hydrogen-bond donors (Lipinski definition) is 0. The Morgan fingerprint density at radius 1 is 0.188 bits per heavy atom. The fourth-order valence-electron chi connectivity index (χ4n) is 12.9. The van der Waals surface area contributed by atoms with Gasteiger partial charge in [-0.3, -0.25) is 0 Å². The van der Waals surface area contributed by atoms with Crippen molar-refractivity contribution in [2.75, 3.05) is 0 Å². The third-order valence-electron chi connectivity index (χ3n) is 18.2. The van der Waals surface area contributed by atoms with Gasteiger partial charge in [0, 0.05) is 70.1 Å². The van der Waals surface area contributed by atoms with Gasteiger partial charge in [-0.05, 0) is 125 Å². The average Bonchev–Trinajstić information content (AvgIpc) is 1.61. The summed E-state index contributed by atoms with van der Waals surface area (Å²) in [5, 5.41) is 5.12. The maximum Gasteiger partial charge on any atom is 3.00 e. The Kier molecular flexibility index (Phi) is 26.7. The topological polar surface area (TPSA) is 87.2 Å². The SMILES string of the molecule is [Ir+3].[Ir+3].[c-]1cc(-c2ccc(-n3c4ccccc4c4ccccc43)cc2)ccc1-c1ccccn1.[c-]1ccc(-c2ccc(-n3c4ccccc4c4ccccc43)cc2)cc1-c1ccccn1.[c-]1ccccc1-c1ccccn1.[c-]1ccccc1-c1ccccn1.[c-]1ccccc1-c1ccccn1.[c-]1ccccc1-c1ccccn1. The van der Waals surface area contributed by atoms with Crippen molar-refractivity contribution in [3.05, 3.63) is 462 Å². The van der Waals surface area contributed by atoms with Gasteiger partial charge in [0.1, 0.15) is 0 Å². The molecule has 8 aromatic heterocycles. The molecule has 10 heteroatoms. The average molecular weight is 1790 g/mol. The van der Waals surface area contributed by atoms with Crippen molar-refractivity contribution in [1.82, 2.24) is 39.0 Å². The molecule has 20 rings (SSSR count). The second-order valence-corrected chi connectivity index (χ2v) is 25.2. The van der Waals surface area contributed by atoms with Gasteiger partial charge in [-0.15, -0.1) is 209 Å². The Morgan fingerprint density at radius 2 is 0.446 bits per heavy atom. The van der Waals surface area contributed by atoms with Crippen molar-refractivity contribution in [1.29, 1.82) is 0 Å². The molecule has 0 bridgehead atoms. The molecule has 8 nitrogen and oxygen atoms in total. The van der Waals surface area contributed by atoms with Crippen LogP contribution >= 0.6 is 0 Å². The molecule has 0 aliphatic rings. The van der Waals surface area contributed by atoms with Gasteiger partial charge >= 0.3 is 40.2 Å². The maximum absolute atomic E-state index is 4.45. The van der Waals surface area contributed by atoms with Crippen LogP contribution in [0.5, 0.6) is 0 Å². The summed E-state index contributed by atoms with van der Waals surface area (Å²) in [6, 6.07) is 150. The van der Waals surface area contributed by atoms with Crippen molar-refractivity contribution < 1.29 is 40.2 Å². The van der Waals surface area contributed by atoms with Gasteiger partial charge in [-0.25, -0.2) is 0 Å². The Bertz CT molecular complexity index is 5640. The van der Waals surface area contributed by atoms with Crippen molar-refractivity contribution in [3.8, 4) is 101 Å². The molecule has 0 N–H and O–H groups in total. The number of hydrogen-bond acceptors (Lipinski definition) is 6. The Hall–Kier alpha value is -13.6. The molecule has 0 saturated heterocycles. The van der Waals surface area contributed by atoms with Crippen LogP contribution < -0.4 is 0 Å². The van der Waals surface area contributed by atoms with Crippen LogP contribution in [0.2, 0.25) is 0 Å². The minimum Gasteiger partial charge on any atom is -0.309 e. The summed E-state index contributed by atoms with van der Waals surface area (Å²) < 4.78 is 4.68. The number of rotatable bonds is 10. The third-order valence-corrected chi connectivity index (χ3v) is 18.2. The molecule has 0 unspecified atom stereocenters. The summed E-state index contributed by atoms with van der Waals surface area (Å²) in [5.74, 6) is 0. The number of benzene rings is 12. The van der Waals surface area contributed by atoms with E-state index < -0.39 is 0 Å². The standard InChI is InChI=1S/2C29H19N2.4C11H8N.2Ir/c1-3-13-28-25(10-1)26-11-2-4-14-29(26)31(28)24-17-15-21(16-18-24)22-8-7-9-23(20-22)27-12-5-6-19-30-27;1-3-10-28-25(7-1)26-8-2-4-11-29(26)31(28)24-18-16-22(17-19-24)21-12-14-23(15-13-21)27-9-5-6-20-30-27;4*1-2-6-10(7-3-1)11-8-4-5-9-12-11;;/h1-8,10-20H;1-14,16-20H;4*1-6,8-9H;;/q6*-1;2*+3. The number of para-hydroxylation sites is 4. The molecule has 8 heterocycles. The second-order valence-electron chi connectivity index (χ2n) is 25.2. The monoisotopic (exact) mass is 1790 g/mol. The first-order chi connectivity index (χ1) is 54.6. The van der Waals surface area contributed by atoms with E-state index in [0.29, 0.717) is 0 Å². The van der Waals surface area contributed by atoms with Gasteiger partial charge in [0.05, 0.1) is 22.1 Å². The zero-order valence-electron chi connectivity index (χ0n) is 60.7. The minimum absolute atomic E-state index is 0. The van der Waals surface area contributed by atoms with E-state index in [4.69, 9.17) is 0 Å². The zero-order chi connectivity index (χ0) is 74.1. The minimum atomic E-state index is 0. The first-order valence-corrected chi connectivity index (χ1v) is 36.2. The molecule has 0 aliphatic heterocycles. The van der Waals surface area contributed by atoms with Gasteiger partial charge in [0.2, 0.25) is 0 Å². The summed E-state index contributed by atoms with van der Waals surface area (Å²) in [6.07, 6.45) is 10.8. The summed E-state index contributed by atoms with van der Waals surface area (Å²) in [5.41, 5.74) is 23.8. The molecule has 0 atom stereocenters. The molecule has 112 heavy (non-hydrogen) atoms. The maximum atomic E-state index is 4.45. The molecule has 536 valence electrons.